The Morgan fingerprint density at radius 2 is 2.20 bits per heavy atom. The second kappa shape index (κ2) is 6.61. The van der Waals surface area contributed by atoms with Crippen LogP contribution in [0.2, 0.25) is 0 Å². The summed E-state index contributed by atoms with van der Waals surface area (Å²) < 4.78 is 16.9. The van der Waals surface area contributed by atoms with Crippen LogP contribution in [0.4, 0.5) is 10.2 Å². The summed E-state index contributed by atoms with van der Waals surface area (Å²) >= 11 is 0. The van der Waals surface area contributed by atoms with Gasteiger partial charge in [-0.25, -0.2) is 9.37 Å². The number of aromatic nitrogens is 3. The molecule has 0 fully saturated rings. The molecule has 0 bridgehead atoms. The molecule has 2 heterocycles. The summed E-state index contributed by atoms with van der Waals surface area (Å²) in [6.07, 6.45) is 4.79. The van der Waals surface area contributed by atoms with Crippen LogP contribution >= 0.6 is 0 Å². The largest absolute Gasteiger partial charge is 0.328 e. The molecule has 2 aromatic heterocycles. The van der Waals surface area contributed by atoms with Crippen LogP contribution in [0.3, 0.4) is 0 Å². The molecule has 3 aromatic rings. The quantitative estimate of drug-likeness (QED) is 0.795. The number of carbonyl (C=O) groups excluding carboxylic acids is 1. The monoisotopic (exact) mass is 337 g/mol. The standard InChI is InChI=1S/C18H16FN5O/c1-12-13(2)24(15-5-3-4-14(19)8-15)18(16(12)9-20)22-17(25)10-23-7-6-21-11-23/h3-8,11H,10H2,1-2H3,(H,22,25). The Morgan fingerprint density at radius 3 is 2.84 bits per heavy atom. The molecule has 1 aromatic carbocycles. The number of hydrogen-bond donors (Lipinski definition) is 1. The Kier molecular flexibility index (Phi) is 4.35. The number of rotatable bonds is 4. The molecule has 0 unspecified atom stereocenters. The molecule has 0 radical (unpaired) electrons. The van der Waals surface area contributed by atoms with E-state index in [2.05, 4.69) is 16.4 Å². The van der Waals surface area contributed by atoms with Crippen molar-refractivity contribution < 1.29 is 9.18 Å². The summed E-state index contributed by atoms with van der Waals surface area (Å²) in [5, 5.41) is 12.3. The van der Waals surface area contributed by atoms with Gasteiger partial charge in [0.25, 0.3) is 0 Å². The predicted octanol–water partition coefficient (Wildman–Crippen LogP) is 2.94. The lowest BCUT2D eigenvalue weighted by molar-refractivity contribution is -0.116. The van der Waals surface area contributed by atoms with E-state index in [1.54, 1.807) is 40.6 Å². The highest BCUT2D eigenvalue weighted by Gasteiger charge is 2.21. The van der Waals surface area contributed by atoms with E-state index < -0.39 is 5.82 Å². The highest BCUT2D eigenvalue weighted by atomic mass is 19.1. The van der Waals surface area contributed by atoms with E-state index in [1.807, 2.05) is 6.92 Å². The van der Waals surface area contributed by atoms with Gasteiger partial charge in [-0.2, -0.15) is 5.26 Å². The number of benzene rings is 1. The van der Waals surface area contributed by atoms with Crippen molar-refractivity contribution >= 4 is 11.7 Å². The number of anilines is 1. The minimum Gasteiger partial charge on any atom is -0.328 e. The summed E-state index contributed by atoms with van der Waals surface area (Å²) in [7, 11) is 0. The van der Waals surface area contributed by atoms with Crippen LogP contribution in [-0.2, 0) is 11.3 Å². The molecule has 0 saturated heterocycles. The maximum atomic E-state index is 13.6. The fourth-order valence-electron chi connectivity index (χ4n) is 2.72. The first kappa shape index (κ1) is 16.5. The molecule has 25 heavy (non-hydrogen) atoms. The first-order chi connectivity index (χ1) is 12.0. The zero-order chi connectivity index (χ0) is 18.0. The maximum Gasteiger partial charge on any atom is 0.245 e. The maximum absolute atomic E-state index is 13.6. The van der Waals surface area contributed by atoms with E-state index in [0.717, 1.165) is 11.3 Å². The Morgan fingerprint density at radius 1 is 1.40 bits per heavy atom. The van der Waals surface area contributed by atoms with Crippen LogP contribution in [0.5, 0.6) is 0 Å². The molecule has 1 amide bonds. The highest BCUT2D eigenvalue weighted by Crippen LogP contribution is 2.30. The molecule has 3 rings (SSSR count). The third-order valence-corrected chi connectivity index (χ3v) is 4.03. The number of amides is 1. The number of halogens is 1. The van der Waals surface area contributed by atoms with E-state index in [4.69, 9.17) is 0 Å². The molecule has 0 atom stereocenters. The fraction of sp³-hybridized carbons (Fsp3) is 0.167. The first-order valence-electron chi connectivity index (χ1n) is 7.64. The molecule has 6 nitrogen and oxygen atoms in total. The minimum atomic E-state index is -0.391. The van der Waals surface area contributed by atoms with Crippen LogP contribution in [0.1, 0.15) is 16.8 Å². The van der Waals surface area contributed by atoms with E-state index >= 15 is 0 Å². The van der Waals surface area contributed by atoms with Crippen LogP contribution in [0.25, 0.3) is 5.69 Å². The minimum absolute atomic E-state index is 0.0668. The van der Waals surface area contributed by atoms with Crippen LogP contribution in [0.15, 0.2) is 43.0 Å². The molecular formula is C18H16FN5O. The van der Waals surface area contributed by atoms with Gasteiger partial charge in [-0.05, 0) is 37.6 Å². The average molecular weight is 337 g/mol. The number of nitrogens with zero attached hydrogens (tertiary/aromatic N) is 4. The summed E-state index contributed by atoms with van der Waals surface area (Å²) in [6, 6.07) is 8.14. The van der Waals surface area contributed by atoms with Gasteiger partial charge < -0.3 is 9.88 Å². The molecular weight excluding hydrogens is 321 g/mol. The molecule has 7 heteroatoms. The Balaban J connectivity index is 2.04. The number of nitriles is 1. The van der Waals surface area contributed by atoms with E-state index in [1.165, 1.54) is 18.5 Å². The van der Waals surface area contributed by atoms with Crippen molar-refractivity contribution in [1.82, 2.24) is 14.1 Å². The smallest absolute Gasteiger partial charge is 0.245 e. The average Bonchev–Trinajstić information content (AvgIpc) is 3.15. The van der Waals surface area contributed by atoms with Gasteiger partial charge in [0, 0.05) is 18.1 Å². The topological polar surface area (TPSA) is 75.6 Å². The molecule has 0 aliphatic heterocycles. The van der Waals surface area contributed by atoms with Gasteiger partial charge in [-0.15, -0.1) is 0 Å². The Hall–Kier alpha value is -3.40. The number of hydrogen-bond acceptors (Lipinski definition) is 3. The molecule has 0 aliphatic carbocycles. The van der Waals surface area contributed by atoms with Gasteiger partial charge in [0.15, 0.2) is 0 Å². The lowest BCUT2D eigenvalue weighted by Gasteiger charge is -2.13. The molecule has 126 valence electrons. The number of nitrogens with one attached hydrogen (secondary N) is 1. The third-order valence-electron chi connectivity index (χ3n) is 4.03. The lowest BCUT2D eigenvalue weighted by atomic mass is 10.2. The Labute approximate surface area is 144 Å². The van der Waals surface area contributed by atoms with Gasteiger partial charge in [0.05, 0.1) is 17.6 Å². The molecule has 0 spiro atoms. The summed E-state index contributed by atoms with van der Waals surface area (Å²) in [6.45, 7) is 3.69. The van der Waals surface area contributed by atoms with Gasteiger partial charge in [-0.1, -0.05) is 6.07 Å². The van der Waals surface area contributed by atoms with Gasteiger partial charge in [0.2, 0.25) is 5.91 Å². The molecule has 0 saturated carbocycles. The van der Waals surface area contributed by atoms with Gasteiger partial charge >= 0.3 is 0 Å². The zero-order valence-corrected chi connectivity index (χ0v) is 13.8. The normalized spacial score (nSPS) is 10.5. The molecule has 1 N–H and O–H groups in total. The van der Waals surface area contributed by atoms with E-state index in [0.29, 0.717) is 17.1 Å². The third kappa shape index (κ3) is 3.15. The van der Waals surface area contributed by atoms with Gasteiger partial charge in [0.1, 0.15) is 24.2 Å². The molecule has 0 aliphatic rings. The number of imidazole rings is 1. The van der Waals surface area contributed by atoms with Crippen molar-refractivity contribution in [1.29, 1.82) is 5.26 Å². The van der Waals surface area contributed by atoms with Crippen molar-refractivity contribution in [3.8, 4) is 11.8 Å². The Bertz CT molecular complexity index is 966. The zero-order valence-electron chi connectivity index (χ0n) is 13.8. The van der Waals surface area contributed by atoms with Crippen molar-refractivity contribution in [2.45, 2.75) is 20.4 Å². The fourth-order valence-corrected chi connectivity index (χ4v) is 2.72. The van der Waals surface area contributed by atoms with Crippen molar-refractivity contribution in [2.24, 2.45) is 0 Å². The second-order valence-electron chi connectivity index (χ2n) is 5.64. The summed E-state index contributed by atoms with van der Waals surface area (Å²) in [4.78, 5) is 16.3. The van der Waals surface area contributed by atoms with Crippen molar-refractivity contribution in [3.63, 3.8) is 0 Å². The van der Waals surface area contributed by atoms with Crippen LogP contribution < -0.4 is 5.32 Å². The number of carbonyl (C=O) groups is 1. The van der Waals surface area contributed by atoms with Crippen molar-refractivity contribution in [3.05, 3.63) is 65.6 Å². The van der Waals surface area contributed by atoms with E-state index in [9.17, 15) is 14.4 Å². The van der Waals surface area contributed by atoms with Crippen molar-refractivity contribution in [2.75, 3.05) is 5.32 Å². The first-order valence-corrected chi connectivity index (χ1v) is 7.64. The SMILES string of the molecule is Cc1c(C#N)c(NC(=O)Cn2ccnc2)n(-c2cccc(F)c2)c1C. The van der Waals surface area contributed by atoms with Crippen LogP contribution in [0, 0.1) is 31.0 Å². The summed E-state index contributed by atoms with van der Waals surface area (Å²) in [5.41, 5.74) is 2.41. The van der Waals surface area contributed by atoms with E-state index in [-0.39, 0.29) is 12.5 Å². The summed E-state index contributed by atoms with van der Waals surface area (Å²) in [5.74, 6) is -0.352. The second-order valence-corrected chi connectivity index (χ2v) is 5.64. The van der Waals surface area contributed by atoms with Gasteiger partial charge in [-0.3, -0.25) is 9.36 Å². The van der Waals surface area contributed by atoms with Crippen LogP contribution in [-0.4, -0.2) is 20.0 Å². The highest BCUT2D eigenvalue weighted by molar-refractivity contribution is 5.92. The lowest BCUT2D eigenvalue weighted by Crippen LogP contribution is -2.20. The predicted molar refractivity (Wildman–Crippen MR) is 90.8 cm³/mol.